The zero-order valence-electron chi connectivity index (χ0n) is 11.4. The smallest absolute Gasteiger partial charge is 0.251 e. The van der Waals surface area contributed by atoms with Gasteiger partial charge in [0.2, 0.25) is 0 Å². The molecule has 0 radical (unpaired) electrons. The molecule has 0 aliphatic heterocycles. The molecular weight excluding hydrogens is 240 g/mol. The zero-order chi connectivity index (χ0) is 13.7. The molecule has 1 aromatic rings. The standard InChI is InChI=1S/C14H22N4O/c1-10-3-2-4-11(7-10)9-17-14(19)12-5-6-16-13(8-12)18-15/h5-6,8,10-11H,2-4,7,9,15H2,1H3,(H,16,18)(H,17,19). The fourth-order valence-electron chi connectivity index (χ4n) is 2.73. The molecule has 0 spiro atoms. The van der Waals surface area contributed by atoms with Crippen molar-refractivity contribution in [3.8, 4) is 0 Å². The molecule has 2 atom stereocenters. The number of anilines is 1. The highest BCUT2D eigenvalue weighted by Crippen LogP contribution is 2.27. The lowest BCUT2D eigenvalue weighted by molar-refractivity contribution is 0.0940. The third-order valence-electron chi connectivity index (χ3n) is 3.77. The predicted octanol–water partition coefficient (Wildman–Crippen LogP) is 1.92. The Bertz CT molecular complexity index is 435. The molecule has 19 heavy (non-hydrogen) atoms. The van der Waals surface area contributed by atoms with Crippen molar-refractivity contribution < 1.29 is 4.79 Å². The van der Waals surface area contributed by atoms with Crippen LogP contribution in [-0.2, 0) is 0 Å². The number of nitrogens with one attached hydrogen (secondary N) is 2. The number of carbonyl (C=O) groups excluding carboxylic acids is 1. The predicted molar refractivity (Wildman–Crippen MR) is 75.5 cm³/mol. The minimum atomic E-state index is -0.0582. The molecule has 1 fully saturated rings. The van der Waals surface area contributed by atoms with Crippen molar-refractivity contribution in [2.75, 3.05) is 12.0 Å². The Hall–Kier alpha value is -1.62. The number of nitrogens with zero attached hydrogens (tertiary/aromatic N) is 1. The van der Waals surface area contributed by atoms with Crippen molar-refractivity contribution in [3.05, 3.63) is 23.9 Å². The SMILES string of the molecule is CC1CCCC(CNC(=O)c2ccnc(NN)c2)C1. The van der Waals surface area contributed by atoms with Gasteiger partial charge in [-0.3, -0.25) is 4.79 Å². The van der Waals surface area contributed by atoms with E-state index in [-0.39, 0.29) is 5.91 Å². The van der Waals surface area contributed by atoms with Crippen LogP contribution in [0.25, 0.3) is 0 Å². The summed E-state index contributed by atoms with van der Waals surface area (Å²) < 4.78 is 0. The van der Waals surface area contributed by atoms with Gasteiger partial charge in [-0.05, 0) is 36.8 Å². The normalized spacial score (nSPS) is 22.8. The van der Waals surface area contributed by atoms with Gasteiger partial charge >= 0.3 is 0 Å². The maximum absolute atomic E-state index is 12.0. The van der Waals surface area contributed by atoms with Gasteiger partial charge in [-0.15, -0.1) is 0 Å². The number of hydrogen-bond donors (Lipinski definition) is 3. The lowest BCUT2D eigenvalue weighted by atomic mass is 9.82. The van der Waals surface area contributed by atoms with Crippen LogP contribution >= 0.6 is 0 Å². The highest BCUT2D eigenvalue weighted by Gasteiger charge is 2.19. The summed E-state index contributed by atoms with van der Waals surface area (Å²) in [5.41, 5.74) is 3.03. The van der Waals surface area contributed by atoms with Crippen LogP contribution in [0.1, 0.15) is 43.0 Å². The van der Waals surface area contributed by atoms with E-state index in [9.17, 15) is 4.79 Å². The molecular formula is C14H22N4O. The Kier molecular flexibility index (Phi) is 4.74. The number of pyridine rings is 1. The molecule has 1 heterocycles. The average molecular weight is 262 g/mol. The van der Waals surface area contributed by atoms with Crippen LogP contribution in [0.15, 0.2) is 18.3 Å². The van der Waals surface area contributed by atoms with Gasteiger partial charge in [0.15, 0.2) is 0 Å². The first-order valence-electron chi connectivity index (χ1n) is 6.90. The van der Waals surface area contributed by atoms with Crippen LogP contribution in [0.5, 0.6) is 0 Å². The summed E-state index contributed by atoms with van der Waals surface area (Å²) >= 11 is 0. The molecule has 1 aliphatic rings. The quantitative estimate of drug-likeness (QED) is 0.572. The largest absolute Gasteiger partial charge is 0.352 e. The van der Waals surface area contributed by atoms with Gasteiger partial charge in [0.25, 0.3) is 5.91 Å². The van der Waals surface area contributed by atoms with Crippen LogP contribution in [0.2, 0.25) is 0 Å². The number of amides is 1. The Morgan fingerprint density at radius 2 is 2.37 bits per heavy atom. The molecule has 5 nitrogen and oxygen atoms in total. The summed E-state index contributed by atoms with van der Waals surface area (Å²) in [6, 6.07) is 3.35. The van der Waals surface area contributed by atoms with Gasteiger partial charge in [-0.25, -0.2) is 10.8 Å². The summed E-state index contributed by atoms with van der Waals surface area (Å²) in [7, 11) is 0. The Balaban J connectivity index is 1.86. The highest BCUT2D eigenvalue weighted by molar-refractivity contribution is 5.94. The van der Waals surface area contributed by atoms with Crippen molar-refractivity contribution in [2.45, 2.75) is 32.6 Å². The maximum Gasteiger partial charge on any atom is 0.251 e. The summed E-state index contributed by atoms with van der Waals surface area (Å²) in [4.78, 5) is 16.0. The van der Waals surface area contributed by atoms with Crippen molar-refractivity contribution in [1.82, 2.24) is 10.3 Å². The summed E-state index contributed by atoms with van der Waals surface area (Å²) in [5.74, 6) is 7.12. The van der Waals surface area contributed by atoms with Crippen LogP contribution in [0.4, 0.5) is 5.82 Å². The molecule has 2 unspecified atom stereocenters. The molecule has 104 valence electrons. The number of aromatic nitrogens is 1. The summed E-state index contributed by atoms with van der Waals surface area (Å²) in [5, 5.41) is 3.01. The van der Waals surface area contributed by atoms with Crippen LogP contribution in [0.3, 0.4) is 0 Å². The summed E-state index contributed by atoms with van der Waals surface area (Å²) in [6.45, 7) is 3.05. The van der Waals surface area contributed by atoms with Crippen molar-refractivity contribution >= 4 is 11.7 Å². The van der Waals surface area contributed by atoms with E-state index in [4.69, 9.17) is 5.84 Å². The van der Waals surface area contributed by atoms with Gasteiger partial charge < -0.3 is 10.7 Å². The average Bonchev–Trinajstić information content (AvgIpc) is 2.45. The minimum Gasteiger partial charge on any atom is -0.352 e. The first-order chi connectivity index (χ1) is 9.19. The molecule has 1 aromatic heterocycles. The number of nitrogen functional groups attached to an aromatic ring is 1. The Morgan fingerprint density at radius 1 is 1.53 bits per heavy atom. The molecule has 0 saturated heterocycles. The van der Waals surface area contributed by atoms with E-state index < -0.39 is 0 Å². The number of hydrogen-bond acceptors (Lipinski definition) is 4. The van der Waals surface area contributed by atoms with E-state index in [2.05, 4.69) is 22.7 Å². The lowest BCUT2D eigenvalue weighted by Crippen LogP contribution is -2.31. The molecule has 0 aromatic carbocycles. The zero-order valence-corrected chi connectivity index (χ0v) is 11.4. The highest BCUT2D eigenvalue weighted by atomic mass is 16.1. The van der Waals surface area contributed by atoms with Crippen molar-refractivity contribution in [1.29, 1.82) is 0 Å². The second kappa shape index (κ2) is 6.52. The van der Waals surface area contributed by atoms with E-state index in [0.29, 0.717) is 17.3 Å². The van der Waals surface area contributed by atoms with Crippen molar-refractivity contribution in [2.24, 2.45) is 17.7 Å². The first kappa shape index (κ1) is 13.8. The molecule has 4 N–H and O–H groups in total. The topological polar surface area (TPSA) is 80.0 Å². The van der Waals surface area contributed by atoms with Gasteiger partial charge in [0, 0.05) is 18.3 Å². The Morgan fingerprint density at radius 3 is 3.11 bits per heavy atom. The number of hydrazine groups is 1. The summed E-state index contributed by atoms with van der Waals surface area (Å²) in [6.07, 6.45) is 6.61. The first-order valence-corrected chi connectivity index (χ1v) is 6.90. The van der Waals surface area contributed by atoms with E-state index in [1.807, 2.05) is 0 Å². The van der Waals surface area contributed by atoms with Gasteiger partial charge in [0.05, 0.1) is 0 Å². The second-order valence-corrected chi connectivity index (χ2v) is 5.42. The maximum atomic E-state index is 12.0. The molecule has 1 aliphatic carbocycles. The van der Waals surface area contributed by atoms with E-state index in [0.717, 1.165) is 12.5 Å². The Labute approximate surface area is 114 Å². The molecule has 0 bridgehead atoms. The number of nitrogens with two attached hydrogens (primary N) is 1. The van der Waals surface area contributed by atoms with Crippen LogP contribution in [-0.4, -0.2) is 17.4 Å². The molecule has 5 heteroatoms. The van der Waals surface area contributed by atoms with Crippen LogP contribution < -0.4 is 16.6 Å². The molecule has 1 amide bonds. The van der Waals surface area contributed by atoms with Crippen LogP contribution in [0, 0.1) is 11.8 Å². The fraction of sp³-hybridized carbons (Fsp3) is 0.571. The molecule has 2 rings (SSSR count). The van der Waals surface area contributed by atoms with E-state index in [1.54, 1.807) is 18.3 Å². The molecule has 1 saturated carbocycles. The van der Waals surface area contributed by atoms with Gasteiger partial charge in [-0.1, -0.05) is 19.8 Å². The minimum absolute atomic E-state index is 0.0582. The van der Waals surface area contributed by atoms with E-state index >= 15 is 0 Å². The third kappa shape index (κ3) is 3.92. The third-order valence-corrected chi connectivity index (χ3v) is 3.77. The lowest BCUT2D eigenvalue weighted by Gasteiger charge is -2.26. The number of carbonyl (C=O) groups is 1. The van der Waals surface area contributed by atoms with Gasteiger partial charge in [0.1, 0.15) is 5.82 Å². The number of rotatable bonds is 4. The van der Waals surface area contributed by atoms with E-state index in [1.165, 1.54) is 25.7 Å². The second-order valence-electron chi connectivity index (χ2n) is 5.42. The fourth-order valence-corrected chi connectivity index (χ4v) is 2.73. The van der Waals surface area contributed by atoms with Crippen molar-refractivity contribution in [3.63, 3.8) is 0 Å². The van der Waals surface area contributed by atoms with Gasteiger partial charge in [-0.2, -0.15) is 0 Å². The monoisotopic (exact) mass is 262 g/mol.